The van der Waals surface area contributed by atoms with Crippen LogP contribution in [0.15, 0.2) is 54.6 Å². The number of halogens is 1. The Labute approximate surface area is 131 Å². The second kappa shape index (κ2) is 7.71. The van der Waals surface area contributed by atoms with Crippen LogP contribution in [0.4, 0.5) is 10.1 Å². The Kier molecular flexibility index (Phi) is 5.67. The lowest BCUT2D eigenvalue weighted by molar-refractivity contribution is -0.119. The van der Waals surface area contributed by atoms with E-state index in [1.54, 1.807) is 11.0 Å². The van der Waals surface area contributed by atoms with Crippen molar-refractivity contribution in [3.8, 4) is 0 Å². The number of anilines is 1. The molecule has 2 aromatic rings. The summed E-state index contributed by atoms with van der Waals surface area (Å²) in [6.45, 7) is 3.41. The molecule has 1 amide bonds. The number of likely N-dealkylation sites (N-methyl/N-ethyl adjacent to an activating group) is 2. The molecule has 2 aromatic carbocycles. The minimum atomic E-state index is -0.253. The normalized spacial score (nSPS) is 10.7. The van der Waals surface area contributed by atoms with Crippen molar-refractivity contribution in [2.75, 3.05) is 25.0 Å². The summed E-state index contributed by atoms with van der Waals surface area (Å²) in [6, 6.07) is 16.1. The quantitative estimate of drug-likeness (QED) is 0.817. The number of para-hydroxylation sites is 1. The molecule has 0 spiro atoms. The first kappa shape index (κ1) is 16.2. The number of amides is 1. The lowest BCUT2D eigenvalue weighted by atomic mass is 10.2. The standard InChI is InChI=1S/C18H21FN2O/c1-3-21(17-10-5-4-6-11-17)18(22)14-20(2)13-15-8-7-9-16(19)12-15/h4-12H,3,13-14H2,1-2H3. The summed E-state index contributed by atoms with van der Waals surface area (Å²) in [6.07, 6.45) is 0. The summed E-state index contributed by atoms with van der Waals surface area (Å²) in [5.74, 6) is -0.218. The van der Waals surface area contributed by atoms with E-state index in [0.29, 0.717) is 19.6 Å². The predicted octanol–water partition coefficient (Wildman–Crippen LogP) is 3.31. The van der Waals surface area contributed by atoms with Gasteiger partial charge in [0, 0.05) is 18.8 Å². The van der Waals surface area contributed by atoms with Gasteiger partial charge in [0.05, 0.1) is 6.54 Å². The molecule has 0 unspecified atom stereocenters. The highest BCUT2D eigenvalue weighted by molar-refractivity contribution is 5.94. The van der Waals surface area contributed by atoms with Gasteiger partial charge in [-0.3, -0.25) is 9.69 Å². The molecule has 0 N–H and O–H groups in total. The second-order valence-corrected chi connectivity index (χ2v) is 5.28. The number of hydrogen-bond acceptors (Lipinski definition) is 2. The average Bonchev–Trinajstić information content (AvgIpc) is 2.49. The van der Waals surface area contributed by atoms with Crippen LogP contribution in [-0.2, 0) is 11.3 Å². The molecule has 0 radical (unpaired) electrons. The van der Waals surface area contributed by atoms with Crippen molar-refractivity contribution in [1.29, 1.82) is 0 Å². The minimum absolute atomic E-state index is 0.0348. The fourth-order valence-electron chi connectivity index (χ4n) is 2.43. The summed E-state index contributed by atoms with van der Waals surface area (Å²) >= 11 is 0. The number of nitrogens with zero attached hydrogens (tertiary/aromatic N) is 2. The fourth-order valence-corrected chi connectivity index (χ4v) is 2.43. The van der Waals surface area contributed by atoms with E-state index >= 15 is 0 Å². The molecule has 22 heavy (non-hydrogen) atoms. The van der Waals surface area contributed by atoms with Gasteiger partial charge in [-0.15, -0.1) is 0 Å². The second-order valence-electron chi connectivity index (χ2n) is 5.28. The number of hydrogen-bond donors (Lipinski definition) is 0. The molecule has 0 aliphatic heterocycles. The van der Waals surface area contributed by atoms with Gasteiger partial charge in [0.1, 0.15) is 5.82 Å². The van der Waals surface area contributed by atoms with Crippen LogP contribution in [0.25, 0.3) is 0 Å². The van der Waals surface area contributed by atoms with Crippen molar-refractivity contribution in [3.63, 3.8) is 0 Å². The van der Waals surface area contributed by atoms with Gasteiger partial charge in [0.2, 0.25) is 5.91 Å². The number of rotatable bonds is 6. The molecule has 116 valence electrons. The van der Waals surface area contributed by atoms with E-state index < -0.39 is 0 Å². The van der Waals surface area contributed by atoms with E-state index in [9.17, 15) is 9.18 Å². The number of benzene rings is 2. The van der Waals surface area contributed by atoms with Gasteiger partial charge in [0.15, 0.2) is 0 Å². The Morgan fingerprint density at radius 3 is 2.45 bits per heavy atom. The lowest BCUT2D eigenvalue weighted by Gasteiger charge is -2.24. The summed E-state index contributed by atoms with van der Waals surface area (Å²) in [5, 5.41) is 0. The SMILES string of the molecule is CCN(C(=O)CN(C)Cc1cccc(F)c1)c1ccccc1. The largest absolute Gasteiger partial charge is 0.312 e. The Balaban J connectivity index is 1.98. The molecule has 2 rings (SSSR count). The predicted molar refractivity (Wildman–Crippen MR) is 87.2 cm³/mol. The third kappa shape index (κ3) is 4.40. The maximum Gasteiger partial charge on any atom is 0.241 e. The van der Waals surface area contributed by atoms with Crippen LogP contribution in [0.5, 0.6) is 0 Å². The monoisotopic (exact) mass is 300 g/mol. The van der Waals surface area contributed by atoms with Gasteiger partial charge in [-0.05, 0) is 43.8 Å². The van der Waals surface area contributed by atoms with Gasteiger partial charge in [-0.25, -0.2) is 4.39 Å². The Bertz CT molecular complexity index is 615. The zero-order valence-electron chi connectivity index (χ0n) is 13.0. The molecule has 0 saturated carbocycles. The molecular formula is C18H21FN2O. The fraction of sp³-hybridized carbons (Fsp3) is 0.278. The minimum Gasteiger partial charge on any atom is -0.312 e. The first-order chi connectivity index (χ1) is 10.6. The summed E-state index contributed by atoms with van der Waals surface area (Å²) in [4.78, 5) is 16.1. The molecule has 4 heteroatoms. The molecule has 0 aliphatic rings. The first-order valence-corrected chi connectivity index (χ1v) is 7.38. The topological polar surface area (TPSA) is 23.6 Å². The molecule has 0 heterocycles. The van der Waals surface area contributed by atoms with E-state index in [4.69, 9.17) is 0 Å². The van der Waals surface area contributed by atoms with Crippen molar-refractivity contribution < 1.29 is 9.18 Å². The highest BCUT2D eigenvalue weighted by Gasteiger charge is 2.15. The van der Waals surface area contributed by atoms with Crippen molar-refractivity contribution in [2.24, 2.45) is 0 Å². The Hall–Kier alpha value is -2.20. The van der Waals surface area contributed by atoms with Gasteiger partial charge in [-0.2, -0.15) is 0 Å². The summed E-state index contributed by atoms with van der Waals surface area (Å²) in [7, 11) is 1.86. The highest BCUT2D eigenvalue weighted by atomic mass is 19.1. The van der Waals surface area contributed by atoms with E-state index in [1.165, 1.54) is 12.1 Å². The highest BCUT2D eigenvalue weighted by Crippen LogP contribution is 2.14. The Morgan fingerprint density at radius 1 is 1.09 bits per heavy atom. The Morgan fingerprint density at radius 2 is 1.82 bits per heavy atom. The van der Waals surface area contributed by atoms with Crippen LogP contribution in [0.3, 0.4) is 0 Å². The third-order valence-corrected chi connectivity index (χ3v) is 3.43. The molecule has 0 atom stereocenters. The van der Waals surface area contributed by atoms with Gasteiger partial charge in [0.25, 0.3) is 0 Å². The van der Waals surface area contributed by atoms with Crippen molar-refractivity contribution in [2.45, 2.75) is 13.5 Å². The van der Waals surface area contributed by atoms with Gasteiger partial charge >= 0.3 is 0 Å². The van der Waals surface area contributed by atoms with E-state index in [1.807, 2.05) is 55.3 Å². The van der Waals surface area contributed by atoms with E-state index in [2.05, 4.69) is 0 Å². The van der Waals surface area contributed by atoms with Crippen molar-refractivity contribution >= 4 is 11.6 Å². The molecule has 0 fully saturated rings. The van der Waals surface area contributed by atoms with Crippen LogP contribution in [-0.4, -0.2) is 30.9 Å². The zero-order chi connectivity index (χ0) is 15.9. The van der Waals surface area contributed by atoms with Gasteiger partial charge < -0.3 is 4.90 Å². The first-order valence-electron chi connectivity index (χ1n) is 7.38. The summed E-state index contributed by atoms with van der Waals surface area (Å²) in [5.41, 5.74) is 1.76. The molecule has 3 nitrogen and oxygen atoms in total. The molecule has 0 saturated heterocycles. The number of carbonyl (C=O) groups excluding carboxylic acids is 1. The average molecular weight is 300 g/mol. The zero-order valence-corrected chi connectivity index (χ0v) is 13.0. The van der Waals surface area contributed by atoms with E-state index in [0.717, 1.165) is 11.3 Å². The molecule has 0 bridgehead atoms. The van der Waals surface area contributed by atoms with Crippen LogP contribution in [0.2, 0.25) is 0 Å². The van der Waals surface area contributed by atoms with Crippen LogP contribution in [0.1, 0.15) is 12.5 Å². The third-order valence-electron chi connectivity index (χ3n) is 3.43. The number of carbonyl (C=O) groups is 1. The van der Waals surface area contributed by atoms with Gasteiger partial charge in [-0.1, -0.05) is 30.3 Å². The molecular weight excluding hydrogens is 279 g/mol. The molecule has 0 aromatic heterocycles. The maximum atomic E-state index is 13.2. The summed E-state index contributed by atoms with van der Waals surface area (Å²) < 4.78 is 13.2. The molecule has 0 aliphatic carbocycles. The van der Waals surface area contributed by atoms with Crippen LogP contribution < -0.4 is 4.90 Å². The lowest BCUT2D eigenvalue weighted by Crippen LogP contribution is -2.38. The van der Waals surface area contributed by atoms with E-state index in [-0.39, 0.29) is 11.7 Å². The van der Waals surface area contributed by atoms with Crippen LogP contribution in [0, 0.1) is 5.82 Å². The van der Waals surface area contributed by atoms with Crippen LogP contribution >= 0.6 is 0 Å². The van der Waals surface area contributed by atoms with Crippen molar-refractivity contribution in [1.82, 2.24) is 4.90 Å². The maximum absolute atomic E-state index is 13.2. The smallest absolute Gasteiger partial charge is 0.241 e. The van der Waals surface area contributed by atoms with Crippen molar-refractivity contribution in [3.05, 3.63) is 66.0 Å².